The minimum atomic E-state index is -0.652. The third-order valence-corrected chi connectivity index (χ3v) is 8.62. The van der Waals surface area contributed by atoms with Gasteiger partial charge in [0.05, 0.1) is 39.5 Å². The number of esters is 1. The Hall–Kier alpha value is -3.95. The van der Waals surface area contributed by atoms with Crippen LogP contribution in [0.3, 0.4) is 0 Å². The number of aryl methyl sites for hydroxylation is 2. The zero-order valence-electron chi connectivity index (χ0n) is 24.8. The molecule has 0 aliphatic carbocycles. The van der Waals surface area contributed by atoms with Crippen LogP contribution in [0.25, 0.3) is 6.08 Å². The van der Waals surface area contributed by atoms with Crippen LogP contribution in [0, 0.1) is 13.8 Å². The molecule has 2 heterocycles. The molecule has 0 fully saturated rings. The lowest BCUT2D eigenvalue weighted by Gasteiger charge is -2.24. The molecule has 0 unspecified atom stereocenters. The van der Waals surface area contributed by atoms with Gasteiger partial charge in [0.15, 0.2) is 16.3 Å². The number of carbonyl (C=O) groups excluding carboxylic acids is 1. The largest absolute Gasteiger partial charge is 0.490 e. The van der Waals surface area contributed by atoms with Crippen molar-refractivity contribution in [2.24, 2.45) is 4.99 Å². The topological polar surface area (TPSA) is 79.1 Å². The zero-order valence-corrected chi connectivity index (χ0v) is 27.2. The van der Waals surface area contributed by atoms with Crippen LogP contribution >= 0.6 is 27.3 Å². The normalized spacial score (nSPS) is 14.7. The van der Waals surface area contributed by atoms with Gasteiger partial charge in [0.1, 0.15) is 6.61 Å². The number of ether oxygens (including phenoxy) is 3. The summed E-state index contributed by atoms with van der Waals surface area (Å²) in [5, 5.41) is 0. The van der Waals surface area contributed by atoms with Crippen molar-refractivity contribution < 1.29 is 19.0 Å². The van der Waals surface area contributed by atoms with Gasteiger partial charge in [-0.3, -0.25) is 9.36 Å². The molecule has 3 aromatic carbocycles. The van der Waals surface area contributed by atoms with E-state index in [-0.39, 0.29) is 12.2 Å². The summed E-state index contributed by atoms with van der Waals surface area (Å²) in [5.41, 5.74) is 5.55. The Labute approximate surface area is 262 Å². The minimum absolute atomic E-state index is 0.225. The summed E-state index contributed by atoms with van der Waals surface area (Å²) < 4.78 is 20.3. The number of halogens is 1. The third kappa shape index (κ3) is 6.53. The van der Waals surface area contributed by atoms with Crippen LogP contribution < -0.4 is 24.4 Å². The van der Waals surface area contributed by atoms with E-state index in [1.54, 1.807) is 18.4 Å². The molecule has 4 aromatic rings. The van der Waals surface area contributed by atoms with E-state index in [2.05, 4.69) is 33.1 Å². The fraction of sp³-hybridized carbons (Fsp3) is 0.265. The maximum absolute atomic E-state index is 14.0. The van der Waals surface area contributed by atoms with Gasteiger partial charge in [-0.05, 0) is 85.4 Å². The first-order valence-corrected chi connectivity index (χ1v) is 15.7. The summed E-state index contributed by atoms with van der Waals surface area (Å²) in [7, 11) is 0. The second-order valence-corrected chi connectivity index (χ2v) is 12.1. The Bertz CT molecular complexity index is 1870. The van der Waals surface area contributed by atoms with E-state index in [9.17, 15) is 9.59 Å². The fourth-order valence-electron chi connectivity index (χ4n) is 4.92. The van der Waals surface area contributed by atoms with Crippen LogP contribution in [-0.4, -0.2) is 23.8 Å². The van der Waals surface area contributed by atoms with E-state index in [1.807, 2.05) is 75.4 Å². The summed E-state index contributed by atoms with van der Waals surface area (Å²) in [6, 6.07) is 19.1. The standard InChI is InChI=1S/C34H33BrN2O5S/c1-6-40-27-17-24(16-26(35)31(27)42-19-23-12-8-20(3)9-13-23)18-28-32(38)37-30(25-14-10-21(4)11-15-25)29(33(39)41-7-2)22(5)36-34(37)43-28/h8-18,30H,6-7,19H2,1-5H3/b28-18+/t30-/m0/s1. The van der Waals surface area contributed by atoms with Crippen molar-refractivity contribution in [1.29, 1.82) is 0 Å². The molecule has 1 aromatic heterocycles. The van der Waals surface area contributed by atoms with Crippen LogP contribution in [0.1, 0.15) is 54.6 Å². The Morgan fingerprint density at radius 2 is 1.65 bits per heavy atom. The lowest BCUT2D eigenvalue weighted by atomic mass is 9.95. The summed E-state index contributed by atoms with van der Waals surface area (Å²) in [5.74, 6) is 0.686. The van der Waals surface area contributed by atoms with Crippen molar-refractivity contribution in [3.05, 3.63) is 124 Å². The molecule has 0 radical (unpaired) electrons. The quantitative estimate of drug-likeness (QED) is 0.201. The van der Waals surface area contributed by atoms with Crippen LogP contribution in [0.4, 0.5) is 0 Å². The van der Waals surface area contributed by atoms with Crippen molar-refractivity contribution >= 4 is 39.3 Å². The molecule has 7 nitrogen and oxygen atoms in total. The summed E-state index contributed by atoms with van der Waals surface area (Å²) >= 11 is 4.93. The number of carbonyl (C=O) groups is 1. The highest BCUT2D eigenvalue weighted by molar-refractivity contribution is 9.10. The summed E-state index contributed by atoms with van der Waals surface area (Å²) in [4.78, 5) is 32.3. The van der Waals surface area contributed by atoms with E-state index in [1.165, 1.54) is 16.9 Å². The number of fused-ring (bicyclic) bond motifs is 1. The summed E-state index contributed by atoms with van der Waals surface area (Å²) in [6.45, 7) is 10.6. The Balaban J connectivity index is 1.58. The second kappa shape index (κ2) is 13.1. The average molecular weight is 662 g/mol. The minimum Gasteiger partial charge on any atom is -0.490 e. The van der Waals surface area contributed by atoms with E-state index < -0.39 is 12.0 Å². The molecule has 0 spiro atoms. The lowest BCUT2D eigenvalue weighted by Crippen LogP contribution is -2.39. The molecule has 43 heavy (non-hydrogen) atoms. The van der Waals surface area contributed by atoms with Crippen molar-refractivity contribution in [3.63, 3.8) is 0 Å². The molecule has 1 atom stereocenters. The molecular weight excluding hydrogens is 628 g/mol. The van der Waals surface area contributed by atoms with Crippen molar-refractivity contribution in [2.45, 2.75) is 47.3 Å². The molecule has 5 rings (SSSR count). The number of rotatable bonds is 9. The van der Waals surface area contributed by atoms with Crippen LogP contribution in [0.2, 0.25) is 0 Å². The van der Waals surface area contributed by atoms with Gasteiger partial charge in [-0.15, -0.1) is 0 Å². The van der Waals surface area contributed by atoms with Gasteiger partial charge >= 0.3 is 5.97 Å². The average Bonchev–Trinajstić information content (AvgIpc) is 3.27. The second-order valence-electron chi connectivity index (χ2n) is 10.3. The van der Waals surface area contributed by atoms with Gasteiger partial charge in [-0.1, -0.05) is 71.0 Å². The molecule has 0 bridgehead atoms. The first kappa shape index (κ1) is 30.5. The number of hydrogen-bond donors (Lipinski definition) is 0. The first-order chi connectivity index (χ1) is 20.7. The van der Waals surface area contributed by atoms with Crippen molar-refractivity contribution in [3.8, 4) is 11.5 Å². The molecule has 0 amide bonds. The monoisotopic (exact) mass is 660 g/mol. The van der Waals surface area contributed by atoms with E-state index in [0.29, 0.717) is 49.8 Å². The van der Waals surface area contributed by atoms with Gasteiger partial charge in [0.25, 0.3) is 5.56 Å². The van der Waals surface area contributed by atoms with E-state index in [0.717, 1.165) is 22.3 Å². The van der Waals surface area contributed by atoms with Gasteiger partial charge in [0, 0.05) is 0 Å². The van der Waals surface area contributed by atoms with E-state index >= 15 is 0 Å². The maximum Gasteiger partial charge on any atom is 0.338 e. The predicted molar refractivity (Wildman–Crippen MR) is 172 cm³/mol. The van der Waals surface area contributed by atoms with Gasteiger partial charge in [0.2, 0.25) is 0 Å². The highest BCUT2D eigenvalue weighted by Crippen LogP contribution is 2.38. The number of nitrogens with zero attached hydrogens (tertiary/aromatic N) is 2. The lowest BCUT2D eigenvalue weighted by molar-refractivity contribution is -0.139. The molecule has 1 aliphatic heterocycles. The smallest absolute Gasteiger partial charge is 0.338 e. The molecule has 9 heteroatoms. The van der Waals surface area contributed by atoms with Gasteiger partial charge in [-0.25, -0.2) is 9.79 Å². The zero-order chi connectivity index (χ0) is 30.7. The highest BCUT2D eigenvalue weighted by Gasteiger charge is 2.33. The van der Waals surface area contributed by atoms with Crippen LogP contribution in [0.15, 0.2) is 86.2 Å². The van der Waals surface area contributed by atoms with Crippen LogP contribution in [0.5, 0.6) is 11.5 Å². The molecule has 1 aliphatic rings. The van der Waals surface area contributed by atoms with Gasteiger partial charge < -0.3 is 14.2 Å². The van der Waals surface area contributed by atoms with E-state index in [4.69, 9.17) is 14.2 Å². The number of hydrogen-bond acceptors (Lipinski definition) is 7. The number of benzene rings is 3. The Morgan fingerprint density at radius 1 is 0.977 bits per heavy atom. The third-order valence-electron chi connectivity index (χ3n) is 7.04. The predicted octanol–water partition coefficient (Wildman–Crippen LogP) is 6.16. The number of allylic oxidation sites excluding steroid dienone is 1. The Kier molecular flexibility index (Phi) is 9.32. The molecule has 222 valence electrons. The first-order valence-electron chi connectivity index (χ1n) is 14.1. The fourth-order valence-corrected chi connectivity index (χ4v) is 6.54. The van der Waals surface area contributed by atoms with Gasteiger partial charge in [-0.2, -0.15) is 0 Å². The van der Waals surface area contributed by atoms with Crippen LogP contribution in [-0.2, 0) is 16.1 Å². The SMILES string of the molecule is CCOC(=O)C1=C(C)N=c2s/c(=C/c3cc(Br)c(OCc4ccc(C)cc4)c(OCC)c3)c(=O)n2[C@H]1c1ccc(C)cc1. The number of thiazole rings is 1. The van der Waals surface area contributed by atoms with Crippen molar-refractivity contribution in [2.75, 3.05) is 13.2 Å². The molecule has 0 N–H and O–H groups in total. The molecule has 0 saturated carbocycles. The molecular formula is C34H33BrN2O5S. The highest BCUT2D eigenvalue weighted by atomic mass is 79.9. The maximum atomic E-state index is 14.0. The number of aromatic nitrogens is 1. The Morgan fingerprint density at radius 3 is 2.30 bits per heavy atom. The van der Waals surface area contributed by atoms with Crippen molar-refractivity contribution in [1.82, 2.24) is 4.57 Å². The molecule has 0 saturated heterocycles. The summed E-state index contributed by atoms with van der Waals surface area (Å²) in [6.07, 6.45) is 1.82.